The fourth-order valence-corrected chi connectivity index (χ4v) is 3.84. The summed E-state index contributed by atoms with van der Waals surface area (Å²) in [5.74, 6) is -2.46. The molecule has 0 aliphatic heterocycles. The fourth-order valence-electron chi connectivity index (χ4n) is 2.36. The number of rotatable bonds is 3. The van der Waals surface area contributed by atoms with Crippen molar-refractivity contribution in [3.05, 3.63) is 35.4 Å². The summed E-state index contributed by atoms with van der Waals surface area (Å²) >= 11 is 0. The summed E-state index contributed by atoms with van der Waals surface area (Å²) in [4.78, 5) is 22.9. The van der Waals surface area contributed by atoms with Gasteiger partial charge in [-0.25, -0.2) is 0 Å². The number of nitrogens with two attached hydrogens (primary N) is 1. The Bertz CT molecular complexity index is 502. The zero-order chi connectivity index (χ0) is 12.6. The maximum absolute atomic E-state index is 11.8. The van der Waals surface area contributed by atoms with Crippen LogP contribution in [0.15, 0.2) is 24.3 Å². The van der Waals surface area contributed by atoms with Crippen molar-refractivity contribution in [2.24, 2.45) is 5.73 Å². The van der Waals surface area contributed by atoms with E-state index in [2.05, 4.69) is 0 Å². The van der Waals surface area contributed by atoms with Crippen LogP contribution in [0, 0.1) is 0 Å². The predicted octanol–water partition coefficient (Wildman–Crippen LogP) is -1.00. The van der Waals surface area contributed by atoms with Gasteiger partial charge in [0.25, 0.3) is 0 Å². The number of hydrogen-bond acceptors (Lipinski definition) is 5. The summed E-state index contributed by atoms with van der Waals surface area (Å²) in [6.07, 6.45) is -0.317. The average molecular weight is 253 g/mol. The van der Waals surface area contributed by atoms with E-state index in [9.17, 15) is 19.4 Å². The lowest BCUT2D eigenvalue weighted by atomic mass is 10.0. The Morgan fingerprint density at radius 3 is 2.71 bits per heavy atom. The lowest BCUT2D eigenvalue weighted by Gasteiger charge is -2.33. The molecule has 1 aromatic rings. The highest BCUT2D eigenvalue weighted by molar-refractivity contribution is 7.57. The minimum atomic E-state index is -3.91. The zero-order valence-corrected chi connectivity index (χ0v) is 9.93. The number of hydrogen-bond donors (Lipinski definition) is 1. The molecule has 6 heteroatoms. The summed E-state index contributed by atoms with van der Waals surface area (Å²) in [5.41, 5.74) is 5.49. The molecular formula is C11H12NO4P-2. The van der Waals surface area contributed by atoms with Gasteiger partial charge in [-0.2, -0.15) is 0 Å². The van der Waals surface area contributed by atoms with Crippen LogP contribution in [0.4, 0.5) is 0 Å². The summed E-state index contributed by atoms with van der Waals surface area (Å²) in [6.45, 7) is 0. The van der Waals surface area contributed by atoms with Crippen LogP contribution in [0.1, 0.15) is 17.0 Å². The minimum Gasteiger partial charge on any atom is -0.798 e. The summed E-state index contributed by atoms with van der Waals surface area (Å²) in [7, 11) is -3.91. The Labute approximate surface area is 98.7 Å². The fraction of sp³-hybridized carbons (Fsp3) is 0.364. The Balaban J connectivity index is 2.47. The van der Waals surface area contributed by atoms with Crippen LogP contribution in [0.3, 0.4) is 0 Å². The van der Waals surface area contributed by atoms with E-state index < -0.39 is 31.2 Å². The Morgan fingerprint density at radius 2 is 2.12 bits per heavy atom. The largest absolute Gasteiger partial charge is 0.798 e. The lowest BCUT2D eigenvalue weighted by molar-refractivity contribution is -0.308. The van der Waals surface area contributed by atoms with Crippen molar-refractivity contribution < 1.29 is 19.4 Å². The first-order valence-corrected chi connectivity index (χ1v) is 7.14. The lowest BCUT2D eigenvalue weighted by Crippen LogP contribution is -2.37. The van der Waals surface area contributed by atoms with E-state index in [0.29, 0.717) is 5.56 Å². The maximum Gasteiger partial charge on any atom is 0.0496 e. The van der Waals surface area contributed by atoms with Gasteiger partial charge in [0.15, 0.2) is 0 Å². The van der Waals surface area contributed by atoms with Gasteiger partial charge in [-0.05, 0) is 17.5 Å². The third-order valence-corrected chi connectivity index (χ3v) is 5.22. The molecule has 0 amide bonds. The first kappa shape index (κ1) is 12.3. The van der Waals surface area contributed by atoms with Gasteiger partial charge < -0.3 is 25.1 Å². The van der Waals surface area contributed by atoms with E-state index >= 15 is 0 Å². The molecule has 92 valence electrons. The van der Waals surface area contributed by atoms with Crippen LogP contribution in [0.25, 0.3) is 0 Å². The third-order valence-electron chi connectivity index (χ3n) is 3.22. The maximum atomic E-state index is 11.8. The quantitative estimate of drug-likeness (QED) is 0.695. The van der Waals surface area contributed by atoms with Gasteiger partial charge in [0.2, 0.25) is 0 Å². The minimum absolute atomic E-state index is 0.201. The highest BCUT2D eigenvalue weighted by Gasteiger charge is 2.38. The van der Waals surface area contributed by atoms with Crippen molar-refractivity contribution in [1.82, 2.24) is 0 Å². The second kappa shape index (κ2) is 4.26. The van der Waals surface area contributed by atoms with E-state index in [4.69, 9.17) is 5.73 Å². The Kier molecular flexibility index (Phi) is 3.08. The standard InChI is InChI=1S/C11H14NO4P/c12-6-17(15,16)9-5-7-3-1-2-4-8(7)10(9)11(13)14/h1-4,9-10H,5-6,12H2,(H,13,14)(H,15,16)/p-2. The average Bonchev–Trinajstić information content (AvgIpc) is 2.68. The van der Waals surface area contributed by atoms with Gasteiger partial charge >= 0.3 is 0 Å². The second-order valence-electron chi connectivity index (χ2n) is 4.18. The molecule has 0 radical (unpaired) electrons. The SMILES string of the molecule is NCP(=O)([O-])C1Cc2ccccc2C1C(=O)[O-]. The molecule has 0 bridgehead atoms. The van der Waals surface area contributed by atoms with E-state index in [-0.39, 0.29) is 6.42 Å². The van der Waals surface area contributed by atoms with Crippen LogP contribution >= 0.6 is 7.37 Å². The molecule has 5 nitrogen and oxygen atoms in total. The van der Waals surface area contributed by atoms with Gasteiger partial charge in [0.05, 0.1) is 0 Å². The van der Waals surface area contributed by atoms with Crippen LogP contribution in [-0.4, -0.2) is 17.9 Å². The molecule has 1 aliphatic rings. The molecule has 3 atom stereocenters. The van der Waals surface area contributed by atoms with Crippen molar-refractivity contribution in [3.63, 3.8) is 0 Å². The van der Waals surface area contributed by atoms with Crippen LogP contribution in [0.5, 0.6) is 0 Å². The number of aliphatic carboxylic acids is 1. The van der Waals surface area contributed by atoms with E-state index in [1.807, 2.05) is 0 Å². The van der Waals surface area contributed by atoms with E-state index in [0.717, 1.165) is 5.56 Å². The van der Waals surface area contributed by atoms with Crippen molar-refractivity contribution in [2.45, 2.75) is 18.0 Å². The van der Waals surface area contributed by atoms with Gasteiger partial charge in [-0.1, -0.05) is 24.3 Å². The van der Waals surface area contributed by atoms with Crippen molar-refractivity contribution in [3.8, 4) is 0 Å². The summed E-state index contributed by atoms with van der Waals surface area (Å²) in [6, 6.07) is 6.81. The van der Waals surface area contributed by atoms with Gasteiger partial charge in [0, 0.05) is 31.2 Å². The second-order valence-corrected chi connectivity index (χ2v) is 6.66. The van der Waals surface area contributed by atoms with Crippen molar-refractivity contribution in [2.75, 3.05) is 6.29 Å². The molecule has 0 aromatic heterocycles. The molecule has 2 rings (SSSR count). The molecule has 1 aromatic carbocycles. The number of fused-ring (bicyclic) bond motifs is 1. The molecule has 1 aliphatic carbocycles. The van der Waals surface area contributed by atoms with Crippen LogP contribution in [-0.2, 0) is 15.8 Å². The summed E-state index contributed by atoms with van der Waals surface area (Å²) in [5, 5.41) is 11.1. The molecule has 0 saturated carbocycles. The normalized spacial score (nSPS) is 26.2. The van der Waals surface area contributed by atoms with Crippen molar-refractivity contribution in [1.29, 1.82) is 0 Å². The number of benzene rings is 1. The summed E-state index contributed by atoms with van der Waals surface area (Å²) < 4.78 is 11.8. The van der Waals surface area contributed by atoms with E-state index in [1.165, 1.54) is 0 Å². The number of carbonyl (C=O) groups is 1. The molecule has 0 spiro atoms. The zero-order valence-electron chi connectivity index (χ0n) is 9.04. The van der Waals surface area contributed by atoms with Crippen molar-refractivity contribution >= 4 is 13.3 Å². The van der Waals surface area contributed by atoms with Gasteiger partial charge in [-0.3, -0.25) is 0 Å². The molecule has 2 N–H and O–H groups in total. The van der Waals surface area contributed by atoms with Crippen LogP contribution < -0.4 is 15.7 Å². The Morgan fingerprint density at radius 1 is 1.47 bits per heavy atom. The Hall–Kier alpha value is -1.16. The first-order chi connectivity index (χ1) is 7.97. The monoisotopic (exact) mass is 253 g/mol. The molecule has 3 unspecified atom stereocenters. The first-order valence-electron chi connectivity index (χ1n) is 5.26. The molecule has 0 heterocycles. The van der Waals surface area contributed by atoms with Gasteiger partial charge in [-0.15, -0.1) is 0 Å². The molecule has 17 heavy (non-hydrogen) atoms. The smallest absolute Gasteiger partial charge is 0.0496 e. The van der Waals surface area contributed by atoms with Gasteiger partial charge in [0.1, 0.15) is 0 Å². The third kappa shape index (κ3) is 2.02. The molecule has 0 saturated heterocycles. The molecule has 0 fully saturated rings. The van der Waals surface area contributed by atoms with Crippen LogP contribution in [0.2, 0.25) is 0 Å². The van der Waals surface area contributed by atoms with E-state index in [1.54, 1.807) is 24.3 Å². The highest BCUT2D eigenvalue weighted by Crippen LogP contribution is 2.52. The molecular weight excluding hydrogens is 241 g/mol. The topological polar surface area (TPSA) is 106 Å². The number of carbonyl (C=O) groups excluding carboxylic acids is 1. The predicted molar refractivity (Wildman–Crippen MR) is 58.3 cm³/mol. The number of carboxylic acids is 1. The number of carboxylic acid groups (broad SMARTS) is 1. The highest BCUT2D eigenvalue weighted by atomic mass is 31.2.